The van der Waals surface area contributed by atoms with Crippen LogP contribution in [0.25, 0.3) is 27.0 Å². The van der Waals surface area contributed by atoms with Gasteiger partial charge in [0.05, 0.1) is 30.0 Å². The van der Waals surface area contributed by atoms with Crippen LogP contribution < -0.4 is 5.56 Å². The maximum Gasteiger partial charge on any atom is 0.268 e. The largest absolute Gasteiger partial charge is 0.378 e. The Balaban J connectivity index is 1.59. The number of rotatable bonds is 5. The van der Waals surface area contributed by atoms with Gasteiger partial charge in [-0.3, -0.25) is 14.2 Å². The van der Waals surface area contributed by atoms with Gasteiger partial charge in [0.25, 0.3) is 5.56 Å². The second-order valence-corrected chi connectivity index (χ2v) is 9.67. The quantitative estimate of drug-likeness (QED) is 0.295. The number of ether oxygens (including phenoxy) is 1. The third-order valence-electron chi connectivity index (χ3n) is 5.44. The summed E-state index contributed by atoms with van der Waals surface area (Å²) in [5.74, 6) is 0.216. The monoisotopic (exact) mass is 497 g/mol. The number of thioether (sulfide) groups is 1. The topological polar surface area (TPSA) is 64.4 Å². The summed E-state index contributed by atoms with van der Waals surface area (Å²) in [6.07, 6.45) is 0. The Morgan fingerprint density at radius 2 is 1.79 bits per heavy atom. The lowest BCUT2D eigenvalue weighted by molar-refractivity contribution is -0.132. The third-order valence-corrected chi connectivity index (χ3v) is 7.57. The highest BCUT2D eigenvalue weighted by Crippen LogP contribution is 2.36. The van der Waals surface area contributed by atoms with E-state index < -0.39 is 0 Å². The zero-order chi connectivity index (χ0) is 22.8. The Labute approximate surface area is 203 Å². The van der Waals surface area contributed by atoms with Crippen molar-refractivity contribution >= 4 is 50.8 Å². The Morgan fingerprint density at radius 3 is 2.55 bits per heavy atom. The van der Waals surface area contributed by atoms with Crippen LogP contribution in [0.1, 0.15) is 0 Å². The van der Waals surface area contributed by atoms with Crippen molar-refractivity contribution in [3.63, 3.8) is 0 Å². The van der Waals surface area contributed by atoms with Crippen LogP contribution in [0.2, 0.25) is 5.02 Å². The highest BCUT2D eigenvalue weighted by molar-refractivity contribution is 7.99. The molecule has 1 aliphatic rings. The number of halogens is 1. The van der Waals surface area contributed by atoms with Crippen LogP contribution in [0.15, 0.2) is 69.9 Å². The average Bonchev–Trinajstić information content (AvgIpc) is 3.28. The zero-order valence-electron chi connectivity index (χ0n) is 17.6. The van der Waals surface area contributed by atoms with Crippen LogP contribution in [0.4, 0.5) is 0 Å². The van der Waals surface area contributed by atoms with E-state index in [0.717, 1.165) is 11.1 Å². The van der Waals surface area contributed by atoms with Crippen LogP contribution >= 0.6 is 34.7 Å². The minimum Gasteiger partial charge on any atom is -0.378 e. The van der Waals surface area contributed by atoms with Crippen molar-refractivity contribution in [2.75, 3.05) is 32.1 Å². The molecule has 0 spiro atoms. The number of benzene rings is 2. The van der Waals surface area contributed by atoms with Crippen molar-refractivity contribution in [3.8, 4) is 16.8 Å². The van der Waals surface area contributed by atoms with E-state index in [2.05, 4.69) is 0 Å². The van der Waals surface area contributed by atoms with E-state index in [0.29, 0.717) is 52.4 Å². The van der Waals surface area contributed by atoms with Crippen molar-refractivity contribution < 1.29 is 9.53 Å². The minimum absolute atomic E-state index is 0.0141. The summed E-state index contributed by atoms with van der Waals surface area (Å²) in [6, 6.07) is 16.9. The summed E-state index contributed by atoms with van der Waals surface area (Å²) in [5, 5.41) is 3.52. The van der Waals surface area contributed by atoms with Gasteiger partial charge < -0.3 is 9.64 Å². The number of morpholine rings is 1. The van der Waals surface area contributed by atoms with Crippen LogP contribution in [0, 0.1) is 0 Å². The van der Waals surface area contributed by atoms with Crippen LogP contribution in [-0.2, 0) is 9.53 Å². The first-order valence-corrected chi connectivity index (χ1v) is 12.7. The van der Waals surface area contributed by atoms with Crippen LogP contribution in [0.3, 0.4) is 0 Å². The molecule has 9 heteroatoms. The summed E-state index contributed by atoms with van der Waals surface area (Å²) in [6.45, 7) is 2.28. The van der Waals surface area contributed by atoms with Crippen molar-refractivity contribution in [2.45, 2.75) is 5.16 Å². The van der Waals surface area contributed by atoms with Crippen molar-refractivity contribution in [1.29, 1.82) is 0 Å². The predicted octanol–water partition coefficient (Wildman–Crippen LogP) is 4.72. The summed E-state index contributed by atoms with van der Waals surface area (Å²) in [7, 11) is 0. The molecule has 0 atom stereocenters. The van der Waals surface area contributed by atoms with Crippen molar-refractivity contribution in [3.05, 3.63) is 75.4 Å². The molecule has 0 bridgehead atoms. The number of hydrogen-bond donors (Lipinski definition) is 0. The van der Waals surface area contributed by atoms with Gasteiger partial charge in [-0.05, 0) is 18.2 Å². The van der Waals surface area contributed by atoms with Gasteiger partial charge in [-0.2, -0.15) is 0 Å². The molecule has 0 radical (unpaired) electrons. The second kappa shape index (κ2) is 9.69. The number of hydrogen-bond acceptors (Lipinski definition) is 6. The smallest absolute Gasteiger partial charge is 0.268 e. The van der Waals surface area contributed by atoms with E-state index in [1.807, 2.05) is 60.0 Å². The SMILES string of the molecule is O=C(CSc1nc2scc(-c3ccccc3Cl)c2c(=O)n1-c1ccccc1)N1CCOCC1. The first kappa shape index (κ1) is 22.2. The molecule has 0 unspecified atom stereocenters. The summed E-state index contributed by atoms with van der Waals surface area (Å²) < 4.78 is 6.92. The molecule has 0 saturated carbocycles. The fourth-order valence-corrected chi connectivity index (χ4v) is 5.91. The van der Waals surface area contributed by atoms with E-state index >= 15 is 0 Å². The molecule has 1 saturated heterocycles. The van der Waals surface area contributed by atoms with Gasteiger partial charge in [-0.25, -0.2) is 4.98 Å². The van der Waals surface area contributed by atoms with Crippen molar-refractivity contribution in [1.82, 2.24) is 14.5 Å². The Morgan fingerprint density at radius 1 is 1.06 bits per heavy atom. The highest BCUT2D eigenvalue weighted by Gasteiger charge is 2.22. The molecule has 1 aliphatic heterocycles. The van der Waals surface area contributed by atoms with Gasteiger partial charge in [0, 0.05) is 34.6 Å². The minimum atomic E-state index is -0.177. The highest BCUT2D eigenvalue weighted by atomic mass is 35.5. The predicted molar refractivity (Wildman–Crippen MR) is 134 cm³/mol. The van der Waals surface area contributed by atoms with Crippen LogP contribution in [-0.4, -0.2) is 52.4 Å². The lowest BCUT2D eigenvalue weighted by Crippen LogP contribution is -2.41. The normalized spacial score (nSPS) is 14.0. The first-order valence-electron chi connectivity index (χ1n) is 10.5. The van der Waals surface area contributed by atoms with Gasteiger partial charge in [0.15, 0.2) is 5.16 Å². The molecule has 1 fully saturated rings. The van der Waals surface area contributed by atoms with Crippen molar-refractivity contribution in [2.24, 2.45) is 0 Å². The molecule has 6 nitrogen and oxygen atoms in total. The lowest BCUT2D eigenvalue weighted by Gasteiger charge is -2.26. The molecule has 5 rings (SSSR count). The standard InChI is InChI=1S/C24H20ClN3O3S2/c25-19-9-5-4-8-17(19)18-14-32-22-21(18)23(30)28(16-6-2-1-3-7-16)24(26-22)33-15-20(29)27-10-12-31-13-11-27/h1-9,14H,10-13,15H2. The molecule has 2 aromatic heterocycles. The lowest BCUT2D eigenvalue weighted by atomic mass is 10.1. The second-order valence-electron chi connectivity index (χ2n) is 7.46. The molecule has 33 heavy (non-hydrogen) atoms. The molecule has 0 aliphatic carbocycles. The number of para-hydroxylation sites is 1. The molecule has 1 amide bonds. The summed E-state index contributed by atoms with van der Waals surface area (Å²) in [4.78, 5) is 33.8. The zero-order valence-corrected chi connectivity index (χ0v) is 20.0. The number of amides is 1. The fourth-order valence-electron chi connectivity index (χ4n) is 3.78. The molecule has 0 N–H and O–H groups in total. The molecule has 168 valence electrons. The summed E-state index contributed by atoms with van der Waals surface area (Å²) in [5.41, 5.74) is 2.09. The third kappa shape index (κ3) is 4.44. The number of fused-ring (bicyclic) bond motifs is 1. The molecule has 4 aromatic rings. The van der Waals surface area contributed by atoms with E-state index in [9.17, 15) is 9.59 Å². The number of aromatic nitrogens is 2. The van der Waals surface area contributed by atoms with Gasteiger partial charge in [-0.1, -0.05) is 59.8 Å². The van der Waals surface area contributed by atoms with Crippen LogP contribution in [0.5, 0.6) is 0 Å². The maximum absolute atomic E-state index is 13.8. The van der Waals surface area contributed by atoms with Gasteiger partial charge in [0.1, 0.15) is 4.83 Å². The van der Waals surface area contributed by atoms with Gasteiger partial charge in [-0.15, -0.1) is 11.3 Å². The Kier molecular flexibility index (Phi) is 6.50. The number of carbonyl (C=O) groups is 1. The Hall–Kier alpha value is -2.65. The van der Waals surface area contributed by atoms with Gasteiger partial charge in [0.2, 0.25) is 5.91 Å². The molecular formula is C24H20ClN3O3S2. The molecular weight excluding hydrogens is 478 g/mol. The van der Waals surface area contributed by atoms with E-state index in [-0.39, 0.29) is 17.2 Å². The maximum atomic E-state index is 13.8. The van der Waals surface area contributed by atoms with Gasteiger partial charge >= 0.3 is 0 Å². The van der Waals surface area contributed by atoms with E-state index in [4.69, 9.17) is 21.3 Å². The van der Waals surface area contributed by atoms with E-state index in [1.54, 1.807) is 9.47 Å². The van der Waals surface area contributed by atoms with E-state index in [1.165, 1.54) is 23.1 Å². The number of thiophene rings is 1. The number of carbonyl (C=O) groups excluding carboxylic acids is 1. The number of nitrogens with zero attached hydrogens (tertiary/aromatic N) is 3. The Bertz CT molecular complexity index is 1360. The fraction of sp³-hybridized carbons (Fsp3) is 0.208. The molecule has 2 aromatic carbocycles. The summed E-state index contributed by atoms with van der Waals surface area (Å²) >= 11 is 9.12. The average molecular weight is 498 g/mol. The molecule has 3 heterocycles. The first-order chi connectivity index (χ1) is 16.1.